The second kappa shape index (κ2) is 6.16. The Labute approximate surface area is 139 Å². The Morgan fingerprint density at radius 1 is 0.958 bits per heavy atom. The molecule has 0 aliphatic rings. The first kappa shape index (κ1) is 14.5. The number of ether oxygens (including phenoxy) is 1. The van der Waals surface area contributed by atoms with Crippen molar-refractivity contribution < 1.29 is 9.53 Å². The van der Waals surface area contributed by atoms with Crippen LogP contribution in [-0.2, 0) is 11.3 Å². The summed E-state index contributed by atoms with van der Waals surface area (Å²) in [5.74, 6) is -0.301. The highest BCUT2D eigenvalue weighted by Crippen LogP contribution is 2.16. The van der Waals surface area contributed by atoms with Gasteiger partial charge in [-0.15, -0.1) is 0 Å². The maximum atomic E-state index is 12.2. The summed E-state index contributed by atoms with van der Waals surface area (Å²) in [5.41, 5.74) is 2.56. The molecule has 0 aliphatic heterocycles. The molecule has 0 spiro atoms. The number of carbonyl (C=O) groups excluding carboxylic acids is 1. The van der Waals surface area contributed by atoms with E-state index in [0.717, 1.165) is 21.8 Å². The maximum Gasteiger partial charge on any atom is 0.338 e. The van der Waals surface area contributed by atoms with Crippen molar-refractivity contribution in [3.63, 3.8) is 0 Å². The SMILES string of the molecule is O=C(OCCn1cnc2ccccc21)c1ccc2ccccc2c1. The van der Waals surface area contributed by atoms with Crippen molar-refractivity contribution in [1.29, 1.82) is 0 Å². The van der Waals surface area contributed by atoms with Gasteiger partial charge in [0.1, 0.15) is 6.61 Å². The van der Waals surface area contributed by atoms with E-state index >= 15 is 0 Å². The standard InChI is InChI=1S/C20H16N2O2/c23-20(17-10-9-15-5-1-2-6-16(15)13-17)24-12-11-22-14-21-18-7-3-4-8-19(18)22/h1-10,13-14H,11-12H2. The molecule has 0 bridgehead atoms. The van der Waals surface area contributed by atoms with Crippen molar-refractivity contribution >= 4 is 27.8 Å². The third-order valence-corrected chi connectivity index (χ3v) is 4.08. The molecule has 0 N–H and O–H groups in total. The van der Waals surface area contributed by atoms with Gasteiger partial charge in [-0.05, 0) is 35.0 Å². The van der Waals surface area contributed by atoms with Crippen LogP contribution < -0.4 is 0 Å². The number of para-hydroxylation sites is 2. The van der Waals surface area contributed by atoms with Gasteiger partial charge in [-0.1, -0.05) is 42.5 Å². The van der Waals surface area contributed by atoms with Gasteiger partial charge >= 0.3 is 5.97 Å². The maximum absolute atomic E-state index is 12.2. The van der Waals surface area contributed by atoms with E-state index in [1.165, 1.54) is 0 Å². The number of esters is 1. The second-order valence-corrected chi connectivity index (χ2v) is 5.62. The van der Waals surface area contributed by atoms with E-state index in [1.807, 2.05) is 65.2 Å². The lowest BCUT2D eigenvalue weighted by Crippen LogP contribution is -2.11. The van der Waals surface area contributed by atoms with Crippen molar-refractivity contribution in [2.24, 2.45) is 0 Å². The molecule has 0 unspecified atom stereocenters. The van der Waals surface area contributed by atoms with E-state index in [0.29, 0.717) is 18.7 Å². The molecule has 4 nitrogen and oxygen atoms in total. The number of imidazole rings is 1. The third-order valence-electron chi connectivity index (χ3n) is 4.08. The van der Waals surface area contributed by atoms with Crippen LogP contribution in [-0.4, -0.2) is 22.1 Å². The summed E-state index contributed by atoms with van der Waals surface area (Å²) in [5, 5.41) is 2.14. The number of hydrogen-bond acceptors (Lipinski definition) is 3. The summed E-state index contributed by atoms with van der Waals surface area (Å²) in [6.07, 6.45) is 1.77. The van der Waals surface area contributed by atoms with Crippen molar-refractivity contribution in [3.8, 4) is 0 Å². The quantitative estimate of drug-likeness (QED) is 0.534. The number of carbonyl (C=O) groups is 1. The molecule has 0 aliphatic carbocycles. The smallest absolute Gasteiger partial charge is 0.338 e. The van der Waals surface area contributed by atoms with E-state index in [9.17, 15) is 4.79 Å². The fourth-order valence-electron chi connectivity index (χ4n) is 2.82. The Bertz CT molecular complexity index is 1020. The fraction of sp³-hybridized carbons (Fsp3) is 0.100. The van der Waals surface area contributed by atoms with E-state index < -0.39 is 0 Å². The number of benzene rings is 3. The zero-order valence-electron chi connectivity index (χ0n) is 13.1. The molecule has 3 aromatic carbocycles. The lowest BCUT2D eigenvalue weighted by atomic mass is 10.1. The molecule has 4 aromatic rings. The number of aromatic nitrogens is 2. The molecule has 0 atom stereocenters. The summed E-state index contributed by atoms with van der Waals surface area (Å²) in [4.78, 5) is 16.6. The minimum absolute atomic E-state index is 0.301. The molecule has 1 heterocycles. The van der Waals surface area contributed by atoms with Gasteiger partial charge in [-0.25, -0.2) is 9.78 Å². The van der Waals surface area contributed by atoms with Gasteiger partial charge in [-0.3, -0.25) is 0 Å². The predicted octanol–water partition coefficient (Wildman–Crippen LogP) is 4.05. The largest absolute Gasteiger partial charge is 0.460 e. The molecule has 1 aromatic heterocycles. The van der Waals surface area contributed by atoms with Crippen molar-refractivity contribution in [3.05, 3.63) is 78.6 Å². The minimum atomic E-state index is -0.301. The zero-order chi connectivity index (χ0) is 16.4. The van der Waals surface area contributed by atoms with Crippen LogP contribution in [0.25, 0.3) is 21.8 Å². The highest BCUT2D eigenvalue weighted by atomic mass is 16.5. The Morgan fingerprint density at radius 2 is 1.75 bits per heavy atom. The average Bonchev–Trinajstić information content (AvgIpc) is 3.04. The molecular formula is C20H16N2O2. The van der Waals surface area contributed by atoms with Gasteiger partial charge in [0.25, 0.3) is 0 Å². The third kappa shape index (κ3) is 2.74. The second-order valence-electron chi connectivity index (χ2n) is 5.62. The van der Waals surface area contributed by atoms with Crippen LogP contribution in [0.3, 0.4) is 0 Å². The van der Waals surface area contributed by atoms with Gasteiger partial charge in [0.05, 0.1) is 29.5 Å². The van der Waals surface area contributed by atoms with Gasteiger partial charge < -0.3 is 9.30 Å². The number of nitrogens with zero attached hydrogens (tertiary/aromatic N) is 2. The Hall–Kier alpha value is -3.14. The monoisotopic (exact) mass is 316 g/mol. The Balaban J connectivity index is 1.44. The van der Waals surface area contributed by atoms with Crippen LogP contribution in [0.4, 0.5) is 0 Å². The molecule has 4 rings (SSSR count). The molecule has 0 saturated carbocycles. The van der Waals surface area contributed by atoms with Crippen LogP contribution in [0, 0.1) is 0 Å². The van der Waals surface area contributed by atoms with Crippen molar-refractivity contribution in [2.75, 3.05) is 6.61 Å². The predicted molar refractivity (Wildman–Crippen MR) is 94.0 cm³/mol. The highest BCUT2D eigenvalue weighted by molar-refractivity contribution is 5.95. The lowest BCUT2D eigenvalue weighted by Gasteiger charge is -2.07. The first-order chi connectivity index (χ1) is 11.8. The number of rotatable bonds is 4. The molecule has 0 fully saturated rings. The summed E-state index contributed by atoms with van der Waals surface area (Å²) in [7, 11) is 0. The first-order valence-corrected chi connectivity index (χ1v) is 7.87. The summed E-state index contributed by atoms with van der Waals surface area (Å²) >= 11 is 0. The van der Waals surface area contributed by atoms with E-state index in [4.69, 9.17) is 4.74 Å². The molecule has 118 valence electrons. The molecule has 0 radical (unpaired) electrons. The van der Waals surface area contributed by atoms with Gasteiger partial charge in [0, 0.05) is 0 Å². The summed E-state index contributed by atoms with van der Waals surface area (Å²) < 4.78 is 7.40. The Kier molecular flexibility index (Phi) is 3.71. The van der Waals surface area contributed by atoms with Crippen molar-refractivity contribution in [1.82, 2.24) is 9.55 Å². The highest BCUT2D eigenvalue weighted by Gasteiger charge is 2.08. The van der Waals surface area contributed by atoms with E-state index in [1.54, 1.807) is 12.4 Å². The summed E-state index contributed by atoms with van der Waals surface area (Å²) in [6.45, 7) is 0.895. The van der Waals surface area contributed by atoms with Crippen molar-refractivity contribution in [2.45, 2.75) is 6.54 Å². The van der Waals surface area contributed by atoms with Gasteiger partial charge in [-0.2, -0.15) is 0 Å². The Morgan fingerprint density at radius 3 is 2.67 bits per heavy atom. The van der Waals surface area contributed by atoms with Crippen LogP contribution in [0.2, 0.25) is 0 Å². The van der Waals surface area contributed by atoms with Gasteiger partial charge in [0.15, 0.2) is 0 Å². The van der Waals surface area contributed by atoms with Gasteiger partial charge in [0.2, 0.25) is 0 Å². The van der Waals surface area contributed by atoms with Crippen LogP contribution in [0.15, 0.2) is 73.1 Å². The number of fused-ring (bicyclic) bond motifs is 2. The molecular weight excluding hydrogens is 300 g/mol. The molecule has 0 amide bonds. The lowest BCUT2D eigenvalue weighted by molar-refractivity contribution is 0.0492. The van der Waals surface area contributed by atoms with E-state index in [2.05, 4.69) is 4.98 Å². The van der Waals surface area contributed by atoms with Crippen LogP contribution in [0.5, 0.6) is 0 Å². The molecule has 24 heavy (non-hydrogen) atoms. The summed E-state index contributed by atoms with van der Waals surface area (Å²) in [6, 6.07) is 21.5. The minimum Gasteiger partial charge on any atom is -0.460 e. The fourth-order valence-corrected chi connectivity index (χ4v) is 2.82. The van der Waals surface area contributed by atoms with Crippen LogP contribution in [0.1, 0.15) is 10.4 Å². The molecule has 0 saturated heterocycles. The zero-order valence-corrected chi connectivity index (χ0v) is 13.1. The average molecular weight is 316 g/mol. The first-order valence-electron chi connectivity index (χ1n) is 7.87. The normalized spacial score (nSPS) is 11.0. The van der Waals surface area contributed by atoms with E-state index in [-0.39, 0.29) is 5.97 Å². The molecule has 4 heteroatoms. The van der Waals surface area contributed by atoms with Crippen LogP contribution >= 0.6 is 0 Å². The topological polar surface area (TPSA) is 44.1 Å². The number of hydrogen-bond donors (Lipinski definition) is 0.